The second-order valence-electron chi connectivity index (χ2n) is 9.15. The summed E-state index contributed by atoms with van der Waals surface area (Å²) in [5.41, 5.74) is 5.88. The van der Waals surface area contributed by atoms with Gasteiger partial charge in [0.1, 0.15) is 10.3 Å². The summed E-state index contributed by atoms with van der Waals surface area (Å²) >= 11 is 13.3. The zero-order chi connectivity index (χ0) is 54.0. The van der Waals surface area contributed by atoms with Gasteiger partial charge in [-0.05, 0) is 52.4 Å². The van der Waals surface area contributed by atoms with E-state index in [4.69, 9.17) is 27.4 Å². The summed E-state index contributed by atoms with van der Waals surface area (Å²) in [6.45, 7) is 4.30. The lowest BCUT2D eigenvalue weighted by atomic mass is 10.0. The van der Waals surface area contributed by atoms with Crippen LogP contribution in [-0.2, 0) is 484 Å². The Morgan fingerprint density at radius 2 is 0.579 bits per heavy atom. The highest BCUT2D eigenvalue weighted by atomic mass is 79.9. The molecule has 0 atom stereocenters. The van der Waals surface area contributed by atoms with Crippen LogP contribution >= 0.6 is 15.9 Å². The first-order valence-corrected chi connectivity index (χ1v) is 87.6. The number of pyridine rings is 1. The molecule has 4 aromatic rings. The number of rotatable bonds is 1. The smallest absolute Gasteiger partial charge is 0.146 e. The molecule has 432 valence electrons. The summed E-state index contributed by atoms with van der Waals surface area (Å²) in [6.07, 6.45) is 2.11. The van der Waals surface area contributed by atoms with Gasteiger partial charge in [-0.1, -0.05) is 42.5 Å². The number of halogens is 1. The van der Waals surface area contributed by atoms with Crippen LogP contribution in [0.2, 0.25) is 0 Å². The van der Waals surface area contributed by atoms with Crippen molar-refractivity contribution in [3.63, 3.8) is 0 Å². The molecule has 0 saturated heterocycles. The lowest BCUT2D eigenvalue weighted by Crippen LogP contribution is -1.94. The predicted molar refractivity (Wildman–Crippen MR) is 493 cm³/mol. The Balaban J connectivity index is 0.000000560. The molecule has 2 heterocycles. The van der Waals surface area contributed by atoms with Gasteiger partial charge in [0.15, 0.2) is 0 Å². The molecule has 57 heteroatoms. The van der Waals surface area contributed by atoms with E-state index in [0.717, 1.165) is 15.9 Å². The fourth-order valence-electron chi connectivity index (χ4n) is 3.72. The van der Waals surface area contributed by atoms with E-state index in [1.54, 1.807) is 107 Å². The number of aromatic nitrogens is 2. The maximum Gasteiger partial charge on any atom is 0.146 e. The van der Waals surface area contributed by atoms with Crippen LogP contribution in [0.4, 0.5) is 0 Å². The van der Waals surface area contributed by atoms with Crippen LogP contribution in [0.1, 0.15) is 11.1 Å². The van der Waals surface area contributed by atoms with Crippen molar-refractivity contribution in [2.75, 3.05) is 0 Å². The van der Waals surface area contributed by atoms with Crippen molar-refractivity contribution in [3.8, 4) is 11.3 Å². The quantitative estimate of drug-likeness (QED) is 0.255. The fourth-order valence-corrected chi connectivity index (χ4v) is 141. The Labute approximate surface area is 605 Å². The van der Waals surface area contributed by atoms with Gasteiger partial charge in [0.25, 0.3) is 0 Å². The van der Waals surface area contributed by atoms with Gasteiger partial charge >= 0.3 is 0 Å². The second-order valence-corrected chi connectivity index (χ2v) is 102. The number of benzene rings is 2. The largest absolute Gasteiger partial charge is 0.298 e. The topological polar surface area (TPSA) is 17.3 Å². The van der Waals surface area contributed by atoms with Gasteiger partial charge in [-0.15, -0.1) is 0 Å². The molecule has 0 bridgehead atoms. The van der Waals surface area contributed by atoms with Crippen molar-refractivity contribution in [2.45, 2.75) is 13.8 Å². The Morgan fingerprint density at radius 1 is 0.329 bits per heavy atom. The molecule has 0 aliphatic carbocycles. The summed E-state index contributed by atoms with van der Waals surface area (Å²) in [5, 5.41) is 2.38. The zero-order valence-corrected chi connectivity index (χ0v) is 80.2. The number of aryl methyl sites for hydroxylation is 2. The molecular formula is C19H15BrN2S54. The van der Waals surface area contributed by atoms with Crippen LogP contribution < -0.4 is 0 Å². The first-order chi connectivity index (χ1) is 37.6. The van der Waals surface area contributed by atoms with Gasteiger partial charge in [0.05, 0.1) is 5.69 Å². The van der Waals surface area contributed by atoms with Crippen LogP contribution in [0.3, 0.4) is 0 Å². The summed E-state index contributed by atoms with van der Waals surface area (Å²) in [7, 11) is 93.0. The van der Waals surface area contributed by atoms with Gasteiger partial charge in [-0.2, -0.15) is 0 Å². The Hall–Kier alpha value is 9.75. The molecule has 0 aliphatic heterocycles. The van der Waals surface area contributed by atoms with Crippen molar-refractivity contribution in [1.82, 2.24) is 9.38 Å². The van der Waals surface area contributed by atoms with Crippen LogP contribution in [0.15, 0.2) is 59.3 Å². The van der Waals surface area contributed by atoms with E-state index in [9.17, 15) is 0 Å². The number of hydrogen-bond acceptors (Lipinski definition) is 3. The zero-order valence-electron chi connectivity index (χ0n) is 34.5. The SMILES string of the molecule is Cc1cccc(C)c1-c1c(Br)nc2c3ccccc3ccn12.S=S=S=S=S=S=S=S=S=S=S=S=S=S=S=S=S=S=S=S=S=S=S=S=S=S=S=S=S=S=S=S=S=S=S=S=S=S=S=S=S=S=S=S=S=S=S=S=S=S=S=S=S=S. The van der Waals surface area contributed by atoms with Crippen LogP contribution in [-0.4, -0.2) is 9.38 Å². The average Bonchev–Trinajstić information content (AvgIpc) is 3.78. The Bertz CT molecular complexity index is 5130. The minimum absolute atomic E-state index is 0.890. The van der Waals surface area contributed by atoms with Crippen molar-refractivity contribution < 1.29 is 0 Å². The first kappa shape index (κ1) is 80.0. The molecule has 0 fully saturated rings. The maximum atomic E-state index is 4.81. The molecule has 0 radical (unpaired) electrons. The van der Waals surface area contributed by atoms with E-state index in [0.29, 0.717) is 0 Å². The first-order valence-electron chi connectivity index (χ1n) is 16.1. The molecule has 2 nitrogen and oxygen atoms in total. The summed E-state index contributed by atoms with van der Waals surface area (Å²) in [4.78, 5) is 4.78. The van der Waals surface area contributed by atoms with E-state index in [2.05, 4.69) is 88.9 Å². The molecule has 0 amide bonds. The van der Waals surface area contributed by atoms with E-state index in [-0.39, 0.29) is 0 Å². The Kier molecular flexibility index (Phi) is 64.2. The standard InChI is InChI=1S/C19H15BrN2.S54/c1-12-6-5-7-13(2)16(12)17-18(20)21-19-15-9-4-3-8-14(15)10-11-22(17)19;1-3-5-7-9-11-13-15-17-19-21-23-25-27-29-31-33-35-37-39-41-43-45-47-49-51-53-54-52-50-48-46-44-42-40-38-36-34-32-30-28-26-24-22-20-18-16-14-12-10-8-6-4-2/h3-11H,1-2H3;. The molecule has 2 aromatic heterocycles. The predicted octanol–water partition coefficient (Wildman–Crippen LogP) is 5.40. The van der Waals surface area contributed by atoms with Crippen LogP contribution in [0, 0.1) is 13.8 Å². The van der Waals surface area contributed by atoms with Crippen molar-refractivity contribution in [3.05, 3.63) is 70.5 Å². The number of hydrogen-bond donors (Lipinski definition) is 0. The highest BCUT2D eigenvalue weighted by Gasteiger charge is 2.17. The fraction of sp³-hybridized carbons (Fsp3) is 0.105. The number of fused-ring (bicyclic) bond motifs is 3. The molecule has 4 rings (SSSR count). The number of imidazole rings is 1. The van der Waals surface area contributed by atoms with E-state index >= 15 is 0 Å². The van der Waals surface area contributed by atoms with Crippen molar-refractivity contribution in [1.29, 1.82) is 0 Å². The van der Waals surface area contributed by atoms with E-state index < -0.39 is 0 Å². The minimum Gasteiger partial charge on any atom is -0.298 e. The van der Waals surface area contributed by atoms with Crippen molar-refractivity contribution >= 4 is 517 Å². The maximum absolute atomic E-state index is 4.81. The summed E-state index contributed by atoms with van der Waals surface area (Å²) in [5.74, 6) is 0. The molecular weight excluding hydrogens is 2070 g/mol. The van der Waals surface area contributed by atoms with Gasteiger partial charge < -0.3 is 0 Å². The normalized spacial score (nSPS) is 8.83. The lowest BCUT2D eigenvalue weighted by molar-refractivity contribution is 1.19. The van der Waals surface area contributed by atoms with Gasteiger partial charge in [-0.25, -0.2) is 4.98 Å². The third-order valence-electron chi connectivity index (χ3n) is 5.61. The van der Waals surface area contributed by atoms with E-state index in [1.165, 1.54) is 45.2 Å². The summed E-state index contributed by atoms with van der Waals surface area (Å²) < 4.78 is 3.07. The monoisotopic (exact) mass is 2080 g/mol. The second kappa shape index (κ2) is 61.0. The molecule has 2 aromatic carbocycles. The molecule has 0 spiro atoms. The van der Waals surface area contributed by atoms with Crippen LogP contribution in [0.5, 0.6) is 0 Å². The third kappa shape index (κ3) is 43.6. The highest BCUT2D eigenvalue weighted by Crippen LogP contribution is 2.35. The minimum atomic E-state index is 0.890. The van der Waals surface area contributed by atoms with Gasteiger partial charge in [0.2, 0.25) is 0 Å². The Morgan fingerprint density at radius 3 is 0.842 bits per heavy atom. The third-order valence-corrected chi connectivity index (χ3v) is 119. The van der Waals surface area contributed by atoms with Gasteiger partial charge in [0, 0.05) is 501 Å². The average molecular weight is 2080 g/mol. The highest BCUT2D eigenvalue weighted by molar-refractivity contribution is 9.10. The molecule has 0 saturated carbocycles. The molecule has 0 unspecified atom stereocenters. The lowest BCUT2D eigenvalue weighted by Gasteiger charge is -2.10. The molecule has 0 N–H and O–H groups in total. The molecule has 76 heavy (non-hydrogen) atoms. The van der Waals surface area contributed by atoms with Crippen LogP contribution in [0.25, 0.3) is 27.7 Å². The molecule has 0 aliphatic rings. The van der Waals surface area contributed by atoms with E-state index in [1.807, 2.05) is 337 Å². The van der Waals surface area contributed by atoms with Crippen molar-refractivity contribution in [2.24, 2.45) is 0 Å². The summed E-state index contributed by atoms with van der Waals surface area (Å²) in [6, 6.07) is 16.9. The van der Waals surface area contributed by atoms with Gasteiger partial charge in [-0.3, -0.25) is 4.40 Å². The number of nitrogens with zero attached hydrogens (tertiary/aromatic N) is 2.